The molecule has 4 aromatic rings. The van der Waals surface area contributed by atoms with Gasteiger partial charge in [0.05, 0.1) is 6.17 Å². The van der Waals surface area contributed by atoms with E-state index >= 15 is 0 Å². The number of hydrogen-bond acceptors (Lipinski definition) is 6. The van der Waals surface area contributed by atoms with Crippen LogP contribution in [0.25, 0.3) is 11.2 Å². The summed E-state index contributed by atoms with van der Waals surface area (Å²) < 4.78 is 10.3. The number of aromatic nitrogens is 4. The van der Waals surface area contributed by atoms with Gasteiger partial charge < -0.3 is 15.0 Å². The lowest BCUT2D eigenvalue weighted by atomic mass is 10.1. The summed E-state index contributed by atoms with van der Waals surface area (Å²) >= 11 is 0. The Balaban J connectivity index is 1.98. The summed E-state index contributed by atoms with van der Waals surface area (Å²) in [4.78, 5) is 35.0. The van der Waals surface area contributed by atoms with E-state index in [4.69, 9.17) is 15.5 Å². The predicted molar refractivity (Wildman–Crippen MR) is 151 cm³/mol. The van der Waals surface area contributed by atoms with Gasteiger partial charge in [0.2, 0.25) is 0 Å². The molecule has 2 N–H and O–H groups in total. The van der Waals surface area contributed by atoms with Crippen molar-refractivity contribution >= 4 is 16.9 Å². The van der Waals surface area contributed by atoms with Gasteiger partial charge >= 0.3 is 5.69 Å². The van der Waals surface area contributed by atoms with Crippen molar-refractivity contribution in [3.8, 4) is 0 Å². The van der Waals surface area contributed by atoms with Gasteiger partial charge in [-0.3, -0.25) is 14.3 Å². The molecule has 2 atom stereocenters. The third kappa shape index (κ3) is 5.30. The molecule has 0 spiro atoms. The largest absolute Gasteiger partial charge is 0.399 e. The average molecular weight is 519 g/mol. The van der Waals surface area contributed by atoms with Gasteiger partial charge in [0.1, 0.15) is 12.1 Å². The van der Waals surface area contributed by atoms with Gasteiger partial charge in [-0.15, -0.1) is 0 Å². The first-order chi connectivity index (χ1) is 18.3. The zero-order valence-corrected chi connectivity index (χ0v) is 22.9. The second kappa shape index (κ2) is 11.8. The maximum Gasteiger partial charge on any atom is 0.334 e. The molecule has 0 bridgehead atoms. The fourth-order valence-corrected chi connectivity index (χ4v) is 5.05. The number of ether oxygens (including phenoxy) is 1. The average Bonchev–Trinajstić information content (AvgIpc) is 3.29. The molecule has 0 aliphatic carbocycles. The minimum Gasteiger partial charge on any atom is -0.399 e. The van der Waals surface area contributed by atoms with Crippen LogP contribution in [0.15, 0.2) is 64.2 Å². The van der Waals surface area contributed by atoms with Crippen molar-refractivity contribution in [1.29, 1.82) is 0 Å². The summed E-state index contributed by atoms with van der Waals surface area (Å²) in [5.41, 5.74) is 8.65. The summed E-state index contributed by atoms with van der Waals surface area (Å²) in [6.07, 6.45) is 0.246. The number of anilines is 1. The Morgan fingerprint density at radius 1 is 0.947 bits per heavy atom. The molecule has 0 amide bonds. The summed E-state index contributed by atoms with van der Waals surface area (Å²) in [6.45, 7) is 9.96. The summed E-state index contributed by atoms with van der Waals surface area (Å²) in [5.74, 6) is 0.742. The normalized spacial score (nSPS) is 13.3. The highest BCUT2D eigenvalue weighted by molar-refractivity contribution is 5.71. The topological polar surface area (TPSA) is 100 Å². The Bertz CT molecular complexity index is 1480. The number of rotatable bonds is 11. The Morgan fingerprint density at radius 2 is 1.61 bits per heavy atom. The Morgan fingerprint density at radius 3 is 2.21 bits per heavy atom. The Hall–Kier alpha value is -3.69. The van der Waals surface area contributed by atoms with Crippen molar-refractivity contribution in [2.45, 2.75) is 59.5 Å². The molecule has 38 heavy (non-hydrogen) atoms. The van der Waals surface area contributed by atoms with Gasteiger partial charge in [0.15, 0.2) is 11.2 Å². The molecule has 2 aromatic heterocycles. The first kappa shape index (κ1) is 27.3. The number of imidazole rings is 1. The van der Waals surface area contributed by atoms with Gasteiger partial charge in [0, 0.05) is 25.8 Å². The van der Waals surface area contributed by atoms with Gasteiger partial charge in [0.25, 0.3) is 5.56 Å². The Kier molecular flexibility index (Phi) is 8.48. The maximum atomic E-state index is 14.0. The second-order valence-corrected chi connectivity index (χ2v) is 9.52. The van der Waals surface area contributed by atoms with Crippen LogP contribution < -0.4 is 17.0 Å². The summed E-state index contributed by atoms with van der Waals surface area (Å²) in [5, 5.41) is 0. The lowest BCUT2D eigenvalue weighted by molar-refractivity contribution is 0.0529. The van der Waals surface area contributed by atoms with Crippen molar-refractivity contribution in [2.75, 3.05) is 25.9 Å². The van der Waals surface area contributed by atoms with Gasteiger partial charge in [-0.05, 0) is 56.6 Å². The predicted octanol–water partition coefficient (Wildman–Crippen LogP) is 3.80. The number of nitrogen functional groups attached to an aromatic ring is 1. The van der Waals surface area contributed by atoms with Gasteiger partial charge in [-0.1, -0.05) is 56.3 Å². The van der Waals surface area contributed by atoms with Crippen LogP contribution in [0.5, 0.6) is 0 Å². The van der Waals surface area contributed by atoms with E-state index in [0.717, 1.165) is 30.0 Å². The molecule has 9 nitrogen and oxygen atoms in total. The number of fused-ring (bicyclic) bond motifs is 1. The number of benzene rings is 2. The van der Waals surface area contributed by atoms with Crippen molar-refractivity contribution in [3.63, 3.8) is 0 Å². The number of hydrogen-bond donors (Lipinski definition) is 1. The number of methoxy groups -OCH3 is 1. The lowest BCUT2D eigenvalue weighted by Crippen LogP contribution is -2.43. The minimum absolute atomic E-state index is 0.143. The SMILES string of the molecule is CCN(CC)C(C)n1c(Cc2ccccc2)nc2c1c(=O)n(C(C)OC)c(=O)n2CCc1ccc(N)cc1. The van der Waals surface area contributed by atoms with E-state index in [9.17, 15) is 9.59 Å². The number of nitrogens with two attached hydrogens (primary N) is 1. The molecule has 2 heterocycles. The molecule has 0 radical (unpaired) electrons. The molecule has 0 saturated heterocycles. The van der Waals surface area contributed by atoms with Gasteiger partial charge in [-0.25, -0.2) is 14.3 Å². The van der Waals surface area contributed by atoms with E-state index in [1.165, 1.54) is 11.7 Å². The van der Waals surface area contributed by atoms with Crippen molar-refractivity contribution in [3.05, 3.63) is 92.4 Å². The van der Waals surface area contributed by atoms with Crippen LogP contribution in [0.4, 0.5) is 5.69 Å². The Labute approximate surface area is 223 Å². The van der Waals surface area contributed by atoms with E-state index in [2.05, 4.69) is 25.7 Å². The molecule has 0 saturated carbocycles. The summed E-state index contributed by atoms with van der Waals surface area (Å²) in [7, 11) is 1.50. The molecule has 2 aromatic carbocycles. The monoisotopic (exact) mass is 518 g/mol. The quantitative estimate of drug-likeness (QED) is 0.303. The number of nitrogens with zero attached hydrogens (tertiary/aromatic N) is 5. The second-order valence-electron chi connectivity index (χ2n) is 9.52. The van der Waals surface area contributed by atoms with E-state index in [0.29, 0.717) is 36.2 Å². The standard InChI is InChI=1S/C29H38N6O3/c1-6-32(7-2)20(3)34-25(19-23-11-9-8-10-12-23)31-27-26(34)28(36)35(21(4)38-5)29(37)33(27)18-17-22-13-15-24(30)16-14-22/h8-16,20-21H,6-7,17-19,30H2,1-5H3. The fourth-order valence-electron chi connectivity index (χ4n) is 5.05. The highest BCUT2D eigenvalue weighted by Crippen LogP contribution is 2.24. The highest BCUT2D eigenvalue weighted by atomic mass is 16.5. The third-order valence-electron chi connectivity index (χ3n) is 7.31. The molecule has 0 aliphatic heterocycles. The van der Waals surface area contributed by atoms with Crippen LogP contribution in [-0.4, -0.2) is 43.8 Å². The zero-order valence-electron chi connectivity index (χ0n) is 22.9. The molecule has 0 aliphatic rings. The first-order valence-corrected chi connectivity index (χ1v) is 13.2. The van der Waals surface area contributed by atoms with Crippen molar-refractivity contribution < 1.29 is 4.74 Å². The van der Waals surface area contributed by atoms with Crippen LogP contribution in [-0.2, 0) is 24.1 Å². The molecular formula is C29H38N6O3. The smallest absolute Gasteiger partial charge is 0.334 e. The van der Waals surface area contributed by atoms with Crippen LogP contribution in [0.2, 0.25) is 0 Å². The van der Waals surface area contributed by atoms with Crippen LogP contribution in [0, 0.1) is 0 Å². The lowest BCUT2D eigenvalue weighted by Gasteiger charge is -2.29. The number of aryl methyl sites for hydroxylation is 2. The minimum atomic E-state index is -0.730. The van der Waals surface area contributed by atoms with Crippen LogP contribution in [0.3, 0.4) is 0 Å². The van der Waals surface area contributed by atoms with E-state index < -0.39 is 17.5 Å². The summed E-state index contributed by atoms with van der Waals surface area (Å²) in [6, 6.07) is 17.7. The molecule has 202 valence electrons. The van der Waals surface area contributed by atoms with Crippen molar-refractivity contribution in [2.24, 2.45) is 0 Å². The molecular weight excluding hydrogens is 480 g/mol. The third-order valence-corrected chi connectivity index (χ3v) is 7.31. The van der Waals surface area contributed by atoms with Crippen LogP contribution in [0.1, 0.15) is 57.0 Å². The molecule has 9 heteroatoms. The maximum absolute atomic E-state index is 14.0. The van der Waals surface area contributed by atoms with E-state index in [-0.39, 0.29) is 6.17 Å². The molecule has 4 rings (SSSR count). The van der Waals surface area contributed by atoms with Gasteiger partial charge in [-0.2, -0.15) is 0 Å². The molecule has 2 unspecified atom stereocenters. The zero-order chi connectivity index (χ0) is 27.4. The first-order valence-electron chi connectivity index (χ1n) is 13.2. The van der Waals surface area contributed by atoms with E-state index in [1.54, 1.807) is 11.5 Å². The van der Waals surface area contributed by atoms with Crippen molar-refractivity contribution in [1.82, 2.24) is 23.6 Å². The fraction of sp³-hybridized carbons (Fsp3) is 0.414. The van der Waals surface area contributed by atoms with Crippen LogP contribution >= 0.6 is 0 Å². The highest BCUT2D eigenvalue weighted by Gasteiger charge is 2.27. The molecule has 0 fully saturated rings. The van der Waals surface area contributed by atoms with E-state index in [1.807, 2.05) is 59.2 Å².